The number of anilines is 1. The first-order chi connectivity index (χ1) is 9.34. The van der Waals surface area contributed by atoms with Crippen molar-refractivity contribution < 1.29 is 19.1 Å². The van der Waals surface area contributed by atoms with E-state index in [1.54, 1.807) is 6.07 Å². The molecular weight excluding hydrogens is 331 g/mol. The van der Waals surface area contributed by atoms with Crippen LogP contribution in [0.5, 0.6) is 0 Å². The average molecular weight is 345 g/mol. The van der Waals surface area contributed by atoms with Crippen molar-refractivity contribution in [3.05, 3.63) is 28.5 Å². The van der Waals surface area contributed by atoms with Crippen LogP contribution in [0.2, 0.25) is 0 Å². The van der Waals surface area contributed by atoms with Crippen LogP contribution in [0, 0.1) is 5.82 Å². The second-order valence-electron chi connectivity index (χ2n) is 4.89. The summed E-state index contributed by atoms with van der Waals surface area (Å²) in [5, 5.41) is 11.8. The molecule has 1 unspecified atom stereocenters. The van der Waals surface area contributed by atoms with Crippen molar-refractivity contribution in [3.8, 4) is 0 Å². The van der Waals surface area contributed by atoms with Crippen molar-refractivity contribution in [2.24, 2.45) is 0 Å². The number of likely N-dealkylation sites (tertiary alicyclic amines) is 1. The van der Waals surface area contributed by atoms with Crippen molar-refractivity contribution in [1.29, 1.82) is 0 Å². The maximum absolute atomic E-state index is 13.4. The van der Waals surface area contributed by atoms with Crippen LogP contribution < -0.4 is 5.32 Å². The number of urea groups is 1. The highest BCUT2D eigenvalue weighted by Gasteiger charge is 2.46. The molecule has 0 bridgehead atoms. The van der Waals surface area contributed by atoms with Gasteiger partial charge < -0.3 is 15.3 Å². The molecule has 5 nitrogen and oxygen atoms in total. The topological polar surface area (TPSA) is 69.6 Å². The number of halogens is 2. The largest absolute Gasteiger partial charge is 0.480 e. The van der Waals surface area contributed by atoms with Gasteiger partial charge in [-0.05, 0) is 53.9 Å². The van der Waals surface area contributed by atoms with Crippen molar-refractivity contribution in [1.82, 2.24) is 4.90 Å². The van der Waals surface area contributed by atoms with Gasteiger partial charge in [-0.25, -0.2) is 14.0 Å². The van der Waals surface area contributed by atoms with E-state index in [1.165, 1.54) is 24.0 Å². The predicted octanol–water partition coefficient (Wildman–Crippen LogP) is 3.06. The molecule has 2 rings (SSSR count). The SMILES string of the molecule is CC1(C(=O)O)CCCN1C(=O)Nc1ccc(Br)c(F)c1. The van der Waals surface area contributed by atoms with Crippen molar-refractivity contribution in [3.63, 3.8) is 0 Å². The average Bonchev–Trinajstić information content (AvgIpc) is 2.77. The standard InChI is InChI=1S/C13H14BrFN2O3/c1-13(11(18)19)5-2-6-17(13)12(20)16-8-3-4-9(14)10(15)7-8/h3-4,7H,2,5-6H2,1H3,(H,16,20)(H,18,19). The fourth-order valence-corrected chi connectivity index (χ4v) is 2.52. The van der Waals surface area contributed by atoms with Crippen molar-refractivity contribution in [2.45, 2.75) is 25.3 Å². The fourth-order valence-electron chi connectivity index (χ4n) is 2.28. The third kappa shape index (κ3) is 2.63. The first kappa shape index (κ1) is 14.8. The lowest BCUT2D eigenvalue weighted by atomic mass is 10.00. The number of hydrogen-bond donors (Lipinski definition) is 2. The van der Waals surface area contributed by atoms with Gasteiger partial charge in [-0.1, -0.05) is 0 Å². The third-order valence-corrected chi connectivity index (χ3v) is 4.16. The van der Waals surface area contributed by atoms with Gasteiger partial charge in [0.25, 0.3) is 0 Å². The van der Waals surface area contributed by atoms with Gasteiger partial charge in [-0.3, -0.25) is 0 Å². The molecule has 1 aromatic rings. The second-order valence-corrected chi connectivity index (χ2v) is 5.75. The zero-order valence-electron chi connectivity index (χ0n) is 10.8. The molecule has 1 saturated heterocycles. The Morgan fingerprint density at radius 2 is 2.20 bits per heavy atom. The number of benzene rings is 1. The van der Waals surface area contributed by atoms with Gasteiger partial charge in [0.15, 0.2) is 0 Å². The Morgan fingerprint density at radius 1 is 1.50 bits per heavy atom. The number of carbonyl (C=O) groups excluding carboxylic acids is 1. The van der Waals surface area contributed by atoms with Crippen molar-refractivity contribution in [2.75, 3.05) is 11.9 Å². The highest BCUT2D eigenvalue weighted by Crippen LogP contribution is 2.30. The molecule has 1 aliphatic heterocycles. The normalized spacial score (nSPS) is 21.9. The lowest BCUT2D eigenvalue weighted by molar-refractivity contribution is -0.146. The molecule has 108 valence electrons. The summed E-state index contributed by atoms with van der Waals surface area (Å²) >= 11 is 3.02. The van der Waals surface area contributed by atoms with E-state index >= 15 is 0 Å². The summed E-state index contributed by atoms with van der Waals surface area (Å²) < 4.78 is 13.7. The van der Waals surface area contributed by atoms with Crippen LogP contribution in [-0.4, -0.2) is 34.1 Å². The zero-order chi connectivity index (χ0) is 14.9. The van der Waals surface area contributed by atoms with Gasteiger partial charge in [0.1, 0.15) is 11.4 Å². The van der Waals surface area contributed by atoms with Gasteiger partial charge >= 0.3 is 12.0 Å². The molecule has 0 aliphatic carbocycles. The Bertz CT molecular complexity index is 567. The maximum atomic E-state index is 13.4. The van der Waals surface area contributed by atoms with Crippen LogP contribution in [0.1, 0.15) is 19.8 Å². The smallest absolute Gasteiger partial charge is 0.329 e. The van der Waals surface area contributed by atoms with Gasteiger partial charge in [-0.15, -0.1) is 0 Å². The summed E-state index contributed by atoms with van der Waals surface area (Å²) in [5.41, 5.74) is -0.923. The van der Waals surface area contributed by atoms with E-state index in [2.05, 4.69) is 21.2 Å². The molecule has 1 aliphatic rings. The minimum absolute atomic E-state index is 0.287. The quantitative estimate of drug-likeness (QED) is 0.866. The summed E-state index contributed by atoms with van der Waals surface area (Å²) in [5.74, 6) is -1.53. The van der Waals surface area contributed by atoms with Gasteiger partial charge in [-0.2, -0.15) is 0 Å². The minimum Gasteiger partial charge on any atom is -0.480 e. The molecule has 1 aromatic carbocycles. The van der Waals surface area contributed by atoms with Crippen LogP contribution >= 0.6 is 15.9 Å². The molecule has 20 heavy (non-hydrogen) atoms. The van der Waals surface area contributed by atoms with Crippen LogP contribution in [0.4, 0.5) is 14.9 Å². The second kappa shape index (κ2) is 5.40. The molecule has 0 spiro atoms. The van der Waals surface area contributed by atoms with E-state index in [1.807, 2.05) is 0 Å². The van der Waals surface area contributed by atoms with E-state index < -0.39 is 23.4 Å². The molecule has 2 N–H and O–H groups in total. The summed E-state index contributed by atoms with van der Waals surface area (Å²) in [6, 6.07) is 3.66. The van der Waals surface area contributed by atoms with Crippen LogP contribution in [0.25, 0.3) is 0 Å². The van der Waals surface area contributed by atoms with Crippen LogP contribution in [0.3, 0.4) is 0 Å². The van der Waals surface area contributed by atoms with E-state index in [4.69, 9.17) is 0 Å². The zero-order valence-corrected chi connectivity index (χ0v) is 12.4. The number of carbonyl (C=O) groups is 2. The molecule has 1 atom stereocenters. The number of carboxylic acids is 1. The Kier molecular flexibility index (Phi) is 3.99. The molecule has 7 heteroatoms. The van der Waals surface area contributed by atoms with E-state index in [9.17, 15) is 19.1 Å². The van der Waals surface area contributed by atoms with Crippen molar-refractivity contribution >= 4 is 33.6 Å². The number of carboxylic acid groups (broad SMARTS) is 1. The minimum atomic E-state index is -1.21. The molecule has 0 saturated carbocycles. The number of nitrogens with one attached hydrogen (secondary N) is 1. The van der Waals surface area contributed by atoms with Gasteiger partial charge in [0, 0.05) is 12.2 Å². The molecular formula is C13H14BrFN2O3. The number of nitrogens with zero attached hydrogens (tertiary/aromatic N) is 1. The maximum Gasteiger partial charge on any atom is 0.329 e. The van der Waals surface area contributed by atoms with Gasteiger partial charge in [0.2, 0.25) is 0 Å². The molecule has 1 fully saturated rings. The summed E-state index contributed by atoms with van der Waals surface area (Å²) in [4.78, 5) is 24.7. The first-order valence-corrected chi connectivity index (χ1v) is 6.91. The lowest BCUT2D eigenvalue weighted by Gasteiger charge is -2.31. The Labute approximate surface area is 123 Å². The number of rotatable bonds is 2. The fraction of sp³-hybridized carbons (Fsp3) is 0.385. The molecule has 1 heterocycles. The highest BCUT2D eigenvalue weighted by atomic mass is 79.9. The van der Waals surface area contributed by atoms with E-state index in [0.717, 1.165) is 0 Å². The number of aliphatic carboxylic acids is 1. The van der Waals surface area contributed by atoms with Crippen LogP contribution in [-0.2, 0) is 4.79 Å². The van der Waals surface area contributed by atoms with Crippen LogP contribution in [0.15, 0.2) is 22.7 Å². The number of amides is 2. The Balaban J connectivity index is 2.15. The Morgan fingerprint density at radius 3 is 2.80 bits per heavy atom. The van der Waals surface area contributed by atoms with E-state index in [-0.39, 0.29) is 5.69 Å². The van der Waals surface area contributed by atoms with Gasteiger partial charge in [0.05, 0.1) is 4.47 Å². The summed E-state index contributed by atoms with van der Waals surface area (Å²) in [6.07, 6.45) is 1.04. The van der Waals surface area contributed by atoms with E-state index in [0.29, 0.717) is 23.9 Å². The summed E-state index contributed by atoms with van der Waals surface area (Å²) in [7, 11) is 0. The molecule has 0 aromatic heterocycles. The summed E-state index contributed by atoms with van der Waals surface area (Å²) in [6.45, 7) is 1.89. The number of hydrogen-bond acceptors (Lipinski definition) is 2. The third-order valence-electron chi connectivity index (χ3n) is 3.52. The first-order valence-electron chi connectivity index (χ1n) is 6.11. The highest BCUT2D eigenvalue weighted by molar-refractivity contribution is 9.10. The predicted molar refractivity (Wildman–Crippen MR) is 75.1 cm³/mol. The monoisotopic (exact) mass is 344 g/mol. The lowest BCUT2D eigenvalue weighted by Crippen LogP contribution is -2.52. The molecule has 0 radical (unpaired) electrons. The Hall–Kier alpha value is -1.63. The molecule has 2 amide bonds.